The van der Waals surface area contributed by atoms with E-state index in [2.05, 4.69) is 84.1 Å². The minimum absolute atomic E-state index is 0.552. The SMILES string of the molecule is CCc1nn(C)c(CC(CBr)Cc2cccc(Br)c2)c1Br. The van der Waals surface area contributed by atoms with E-state index in [4.69, 9.17) is 0 Å². The molecule has 0 bridgehead atoms. The Labute approximate surface area is 151 Å². The van der Waals surface area contributed by atoms with Gasteiger partial charge in [-0.3, -0.25) is 4.68 Å². The summed E-state index contributed by atoms with van der Waals surface area (Å²) in [6, 6.07) is 8.55. The van der Waals surface area contributed by atoms with Gasteiger partial charge in [0.25, 0.3) is 0 Å². The van der Waals surface area contributed by atoms with Gasteiger partial charge in [0.15, 0.2) is 0 Å². The number of halogens is 3. The third kappa shape index (κ3) is 4.42. The molecule has 2 rings (SSSR count). The summed E-state index contributed by atoms with van der Waals surface area (Å²) in [6.07, 6.45) is 3.03. The molecule has 1 atom stereocenters. The van der Waals surface area contributed by atoms with Crippen LogP contribution in [0.3, 0.4) is 0 Å². The van der Waals surface area contributed by atoms with Crippen LogP contribution in [-0.4, -0.2) is 15.1 Å². The Balaban J connectivity index is 2.14. The minimum atomic E-state index is 0.552. The zero-order valence-electron chi connectivity index (χ0n) is 12.2. The first-order valence-corrected chi connectivity index (χ1v) is 9.76. The van der Waals surface area contributed by atoms with Crippen molar-refractivity contribution in [1.29, 1.82) is 0 Å². The fraction of sp³-hybridized carbons (Fsp3) is 0.438. The van der Waals surface area contributed by atoms with Gasteiger partial charge in [-0.05, 0) is 58.8 Å². The van der Waals surface area contributed by atoms with Crippen molar-refractivity contribution in [2.45, 2.75) is 26.2 Å². The first-order valence-electron chi connectivity index (χ1n) is 7.05. The highest BCUT2D eigenvalue weighted by atomic mass is 79.9. The monoisotopic (exact) mass is 476 g/mol. The molecule has 1 heterocycles. The largest absolute Gasteiger partial charge is 0.271 e. The molecule has 0 amide bonds. The Morgan fingerprint density at radius 2 is 2.00 bits per heavy atom. The molecule has 0 aliphatic rings. The van der Waals surface area contributed by atoms with Crippen molar-refractivity contribution in [2.75, 3.05) is 5.33 Å². The van der Waals surface area contributed by atoms with Crippen molar-refractivity contribution in [3.8, 4) is 0 Å². The number of alkyl halides is 1. The summed E-state index contributed by atoms with van der Waals surface area (Å²) in [5.41, 5.74) is 3.79. The quantitative estimate of drug-likeness (QED) is 0.515. The maximum atomic E-state index is 4.58. The first kappa shape index (κ1) is 17.2. The fourth-order valence-electron chi connectivity index (χ4n) is 2.49. The van der Waals surface area contributed by atoms with Crippen LogP contribution in [-0.2, 0) is 26.3 Å². The van der Waals surface area contributed by atoms with Crippen molar-refractivity contribution >= 4 is 47.8 Å². The third-order valence-corrected chi connectivity index (χ3v) is 5.94. The number of rotatable bonds is 6. The lowest BCUT2D eigenvalue weighted by atomic mass is 9.96. The van der Waals surface area contributed by atoms with Gasteiger partial charge in [0.1, 0.15) is 0 Å². The Hall–Kier alpha value is -0.130. The summed E-state index contributed by atoms with van der Waals surface area (Å²) < 4.78 is 4.33. The highest BCUT2D eigenvalue weighted by Crippen LogP contribution is 2.26. The van der Waals surface area contributed by atoms with E-state index in [9.17, 15) is 0 Å². The van der Waals surface area contributed by atoms with Crippen LogP contribution in [0.25, 0.3) is 0 Å². The van der Waals surface area contributed by atoms with Gasteiger partial charge in [0.05, 0.1) is 15.9 Å². The van der Waals surface area contributed by atoms with E-state index < -0.39 is 0 Å². The molecule has 21 heavy (non-hydrogen) atoms. The van der Waals surface area contributed by atoms with Gasteiger partial charge >= 0.3 is 0 Å². The van der Waals surface area contributed by atoms with Crippen molar-refractivity contribution in [2.24, 2.45) is 13.0 Å². The average molecular weight is 479 g/mol. The van der Waals surface area contributed by atoms with Crippen LogP contribution in [0, 0.1) is 5.92 Å². The van der Waals surface area contributed by atoms with Gasteiger partial charge in [0.2, 0.25) is 0 Å². The molecule has 1 aromatic heterocycles. The Bertz CT molecular complexity index is 608. The van der Waals surface area contributed by atoms with Gasteiger partial charge < -0.3 is 0 Å². The maximum Gasteiger partial charge on any atom is 0.0766 e. The van der Waals surface area contributed by atoms with E-state index in [0.29, 0.717) is 5.92 Å². The molecular weight excluding hydrogens is 460 g/mol. The summed E-state index contributed by atoms with van der Waals surface area (Å²) in [5.74, 6) is 0.552. The molecule has 1 unspecified atom stereocenters. The molecule has 0 aliphatic carbocycles. The minimum Gasteiger partial charge on any atom is -0.271 e. The molecule has 0 saturated heterocycles. The summed E-state index contributed by atoms with van der Waals surface area (Å²) in [6.45, 7) is 2.14. The second-order valence-corrected chi connectivity index (χ2v) is 7.60. The van der Waals surface area contributed by atoms with Crippen LogP contribution in [0.2, 0.25) is 0 Å². The van der Waals surface area contributed by atoms with E-state index >= 15 is 0 Å². The molecule has 0 N–H and O–H groups in total. The van der Waals surface area contributed by atoms with Crippen molar-refractivity contribution in [1.82, 2.24) is 9.78 Å². The second-order valence-electron chi connectivity index (χ2n) is 5.24. The zero-order valence-corrected chi connectivity index (χ0v) is 17.0. The molecule has 0 saturated carbocycles. The molecule has 0 spiro atoms. The van der Waals surface area contributed by atoms with Gasteiger partial charge in [-0.2, -0.15) is 5.10 Å². The number of benzene rings is 1. The lowest BCUT2D eigenvalue weighted by Gasteiger charge is -2.15. The van der Waals surface area contributed by atoms with Crippen LogP contribution < -0.4 is 0 Å². The maximum absolute atomic E-state index is 4.58. The number of aromatic nitrogens is 2. The Morgan fingerprint density at radius 3 is 2.57 bits per heavy atom. The van der Waals surface area contributed by atoms with Gasteiger partial charge in [-0.25, -0.2) is 0 Å². The lowest BCUT2D eigenvalue weighted by molar-refractivity contribution is 0.555. The van der Waals surface area contributed by atoms with Gasteiger partial charge in [-0.15, -0.1) is 0 Å². The number of aryl methyl sites for hydroxylation is 2. The lowest BCUT2D eigenvalue weighted by Crippen LogP contribution is -2.13. The van der Waals surface area contributed by atoms with Crippen molar-refractivity contribution < 1.29 is 0 Å². The van der Waals surface area contributed by atoms with E-state index in [1.807, 2.05) is 11.7 Å². The molecule has 5 heteroatoms. The molecule has 0 fully saturated rings. The Kier molecular flexibility index (Phi) is 6.51. The molecular formula is C16H19Br3N2. The predicted octanol–water partition coefficient (Wildman–Crippen LogP) is 5.30. The molecule has 2 aromatic rings. The van der Waals surface area contributed by atoms with Crippen LogP contribution in [0.15, 0.2) is 33.2 Å². The van der Waals surface area contributed by atoms with Crippen LogP contribution in [0.1, 0.15) is 23.9 Å². The fourth-order valence-corrected chi connectivity index (χ4v) is 4.18. The molecule has 0 radical (unpaired) electrons. The summed E-state index contributed by atoms with van der Waals surface area (Å²) in [5, 5.41) is 5.57. The third-order valence-electron chi connectivity index (χ3n) is 3.62. The predicted molar refractivity (Wildman–Crippen MR) is 99.1 cm³/mol. The molecule has 1 aromatic carbocycles. The van der Waals surface area contributed by atoms with Gasteiger partial charge in [0, 0.05) is 16.9 Å². The smallest absolute Gasteiger partial charge is 0.0766 e. The summed E-state index contributed by atoms with van der Waals surface area (Å²) in [7, 11) is 2.03. The number of nitrogens with zero attached hydrogens (tertiary/aromatic N) is 2. The second kappa shape index (κ2) is 7.93. The van der Waals surface area contributed by atoms with Crippen molar-refractivity contribution in [3.05, 3.63) is 50.2 Å². The molecule has 114 valence electrons. The zero-order chi connectivity index (χ0) is 15.4. The molecule has 0 aliphatic heterocycles. The highest BCUT2D eigenvalue weighted by molar-refractivity contribution is 9.11. The normalized spacial score (nSPS) is 12.6. The standard InChI is InChI=1S/C16H19Br3N2/c1-3-14-16(19)15(21(2)20-14)9-12(10-17)7-11-5-4-6-13(18)8-11/h4-6,8,12H,3,7,9-10H2,1-2H3. The summed E-state index contributed by atoms with van der Waals surface area (Å²) in [4.78, 5) is 0. The number of hydrogen-bond donors (Lipinski definition) is 0. The van der Waals surface area contributed by atoms with E-state index in [1.165, 1.54) is 15.7 Å². The van der Waals surface area contributed by atoms with E-state index in [0.717, 1.165) is 34.8 Å². The van der Waals surface area contributed by atoms with Crippen molar-refractivity contribution in [3.63, 3.8) is 0 Å². The van der Waals surface area contributed by atoms with Crippen LogP contribution in [0.4, 0.5) is 0 Å². The van der Waals surface area contributed by atoms with Crippen LogP contribution in [0.5, 0.6) is 0 Å². The molecule has 2 nitrogen and oxygen atoms in total. The van der Waals surface area contributed by atoms with Crippen LogP contribution >= 0.6 is 47.8 Å². The topological polar surface area (TPSA) is 17.8 Å². The Morgan fingerprint density at radius 1 is 1.24 bits per heavy atom. The number of hydrogen-bond acceptors (Lipinski definition) is 1. The first-order chi connectivity index (χ1) is 10.0. The van der Waals surface area contributed by atoms with E-state index in [1.54, 1.807) is 0 Å². The highest BCUT2D eigenvalue weighted by Gasteiger charge is 2.17. The summed E-state index contributed by atoms with van der Waals surface area (Å²) >= 11 is 10.9. The van der Waals surface area contributed by atoms with Gasteiger partial charge in [-0.1, -0.05) is 50.9 Å². The van der Waals surface area contributed by atoms with E-state index in [-0.39, 0.29) is 0 Å². The average Bonchev–Trinajstić information content (AvgIpc) is 2.73.